The van der Waals surface area contributed by atoms with Crippen LogP contribution >= 0.6 is 11.8 Å². The number of benzene rings is 1. The zero-order chi connectivity index (χ0) is 13.0. The van der Waals surface area contributed by atoms with Crippen molar-refractivity contribution in [3.63, 3.8) is 0 Å². The van der Waals surface area contributed by atoms with Gasteiger partial charge in [0.05, 0.1) is 11.8 Å². The maximum absolute atomic E-state index is 11.3. The number of amidine groups is 1. The molecule has 98 valence electrons. The molecule has 1 aromatic carbocycles. The lowest BCUT2D eigenvalue weighted by molar-refractivity contribution is 0.674. The number of aliphatic imine (C=N–C) groups is 1. The first-order chi connectivity index (χ1) is 8.66. The average molecular weight is 282 g/mol. The minimum absolute atomic E-state index is 0.157. The maximum atomic E-state index is 11.3. The highest BCUT2D eigenvalue weighted by molar-refractivity contribution is 8.14. The molecule has 3 unspecified atom stereocenters. The molecule has 0 radical (unpaired) electrons. The van der Waals surface area contributed by atoms with Crippen LogP contribution in [0.15, 0.2) is 35.3 Å². The van der Waals surface area contributed by atoms with Crippen LogP contribution in [0.25, 0.3) is 0 Å². The lowest BCUT2D eigenvalue weighted by Crippen LogP contribution is -2.30. The SMILES string of the molecule is CC(CNC1=NCC(c2ccccc2)S1)S(C)=O. The van der Waals surface area contributed by atoms with Crippen molar-refractivity contribution in [1.29, 1.82) is 0 Å². The number of hydrogen-bond donors (Lipinski definition) is 1. The van der Waals surface area contributed by atoms with E-state index in [1.807, 2.05) is 13.0 Å². The fourth-order valence-electron chi connectivity index (χ4n) is 1.66. The molecule has 18 heavy (non-hydrogen) atoms. The van der Waals surface area contributed by atoms with Crippen LogP contribution in [0.3, 0.4) is 0 Å². The highest BCUT2D eigenvalue weighted by atomic mass is 32.2. The van der Waals surface area contributed by atoms with E-state index < -0.39 is 10.8 Å². The van der Waals surface area contributed by atoms with E-state index in [0.29, 0.717) is 5.25 Å². The highest BCUT2D eigenvalue weighted by Crippen LogP contribution is 2.34. The second kappa shape index (κ2) is 6.38. The molecule has 1 aromatic rings. The van der Waals surface area contributed by atoms with Crippen molar-refractivity contribution in [2.75, 3.05) is 19.3 Å². The van der Waals surface area contributed by atoms with Gasteiger partial charge in [0.2, 0.25) is 0 Å². The molecule has 2 rings (SSSR count). The predicted octanol–water partition coefficient (Wildman–Crippen LogP) is 2.19. The molecule has 1 aliphatic rings. The van der Waals surface area contributed by atoms with Crippen molar-refractivity contribution in [2.24, 2.45) is 4.99 Å². The van der Waals surface area contributed by atoms with Crippen LogP contribution in [-0.2, 0) is 10.8 Å². The van der Waals surface area contributed by atoms with Crippen LogP contribution in [0.4, 0.5) is 0 Å². The fourth-order valence-corrected chi connectivity index (χ4v) is 3.01. The van der Waals surface area contributed by atoms with Gasteiger partial charge in [0, 0.05) is 28.9 Å². The normalized spacial score (nSPS) is 22.3. The van der Waals surface area contributed by atoms with E-state index in [9.17, 15) is 4.21 Å². The van der Waals surface area contributed by atoms with E-state index in [1.54, 1.807) is 18.0 Å². The first-order valence-electron chi connectivity index (χ1n) is 5.99. The van der Waals surface area contributed by atoms with E-state index >= 15 is 0 Å². The Bertz CT molecular complexity index is 448. The third-order valence-corrected chi connectivity index (χ3v) is 5.44. The monoisotopic (exact) mass is 282 g/mol. The minimum atomic E-state index is -0.782. The molecule has 0 amide bonds. The fraction of sp³-hybridized carbons (Fsp3) is 0.462. The Kier molecular flexibility index (Phi) is 4.83. The van der Waals surface area contributed by atoms with Gasteiger partial charge in [-0.1, -0.05) is 42.1 Å². The van der Waals surface area contributed by atoms with E-state index in [-0.39, 0.29) is 5.25 Å². The summed E-state index contributed by atoms with van der Waals surface area (Å²) >= 11 is 1.76. The Morgan fingerprint density at radius 3 is 2.89 bits per heavy atom. The van der Waals surface area contributed by atoms with Gasteiger partial charge in [-0.2, -0.15) is 0 Å². The van der Waals surface area contributed by atoms with Crippen molar-refractivity contribution in [3.8, 4) is 0 Å². The van der Waals surface area contributed by atoms with E-state index in [2.05, 4.69) is 34.6 Å². The van der Waals surface area contributed by atoms with Gasteiger partial charge in [0.15, 0.2) is 5.17 Å². The maximum Gasteiger partial charge on any atom is 0.157 e. The van der Waals surface area contributed by atoms with Crippen molar-refractivity contribution < 1.29 is 4.21 Å². The standard InChI is InChI=1S/C13H18N2OS2/c1-10(18(2)16)8-14-13-15-9-12(17-13)11-6-4-3-5-7-11/h3-7,10,12H,8-9H2,1-2H3,(H,14,15). The van der Waals surface area contributed by atoms with Crippen LogP contribution < -0.4 is 5.32 Å². The van der Waals surface area contributed by atoms with Crippen LogP contribution in [0.5, 0.6) is 0 Å². The molecule has 0 aliphatic carbocycles. The van der Waals surface area contributed by atoms with Gasteiger partial charge in [-0.05, 0) is 12.5 Å². The number of rotatable bonds is 4. The molecule has 5 heteroatoms. The van der Waals surface area contributed by atoms with Gasteiger partial charge in [-0.25, -0.2) is 0 Å². The van der Waals surface area contributed by atoms with Gasteiger partial charge in [-0.3, -0.25) is 9.20 Å². The van der Waals surface area contributed by atoms with Crippen LogP contribution in [0.1, 0.15) is 17.7 Å². The topological polar surface area (TPSA) is 41.5 Å². The Balaban J connectivity index is 1.83. The molecule has 0 aromatic heterocycles. The number of nitrogens with one attached hydrogen (secondary N) is 1. The largest absolute Gasteiger partial charge is 0.364 e. The Labute approximate surface area is 115 Å². The number of nitrogens with zero attached hydrogens (tertiary/aromatic N) is 1. The molecule has 1 N–H and O–H groups in total. The molecule has 0 spiro atoms. The predicted molar refractivity (Wildman–Crippen MR) is 80.6 cm³/mol. The van der Waals surface area contributed by atoms with Crippen molar-refractivity contribution in [1.82, 2.24) is 5.32 Å². The highest BCUT2D eigenvalue weighted by Gasteiger charge is 2.21. The average Bonchev–Trinajstić information content (AvgIpc) is 2.85. The Hall–Kier alpha value is -0.810. The molecular weight excluding hydrogens is 264 g/mol. The summed E-state index contributed by atoms with van der Waals surface area (Å²) < 4.78 is 11.3. The summed E-state index contributed by atoms with van der Waals surface area (Å²) in [5.41, 5.74) is 1.31. The third kappa shape index (κ3) is 3.59. The molecule has 3 atom stereocenters. The smallest absolute Gasteiger partial charge is 0.157 e. The second-order valence-corrected chi connectivity index (χ2v) is 7.35. The van der Waals surface area contributed by atoms with Crippen LogP contribution in [-0.4, -0.2) is 34.0 Å². The number of hydrogen-bond acceptors (Lipinski definition) is 4. The first-order valence-corrected chi connectivity index (χ1v) is 8.49. The van der Waals surface area contributed by atoms with Crippen molar-refractivity contribution >= 4 is 27.7 Å². The van der Waals surface area contributed by atoms with Gasteiger partial charge >= 0.3 is 0 Å². The van der Waals surface area contributed by atoms with E-state index in [0.717, 1.165) is 18.3 Å². The third-order valence-electron chi connectivity index (χ3n) is 2.93. The molecule has 1 heterocycles. The molecule has 1 aliphatic heterocycles. The molecule has 0 saturated heterocycles. The Morgan fingerprint density at radius 1 is 1.50 bits per heavy atom. The van der Waals surface area contributed by atoms with Crippen LogP contribution in [0.2, 0.25) is 0 Å². The molecule has 0 saturated carbocycles. The summed E-state index contributed by atoms with van der Waals surface area (Å²) in [6, 6.07) is 10.4. The number of thioether (sulfide) groups is 1. The van der Waals surface area contributed by atoms with Gasteiger partial charge < -0.3 is 5.32 Å². The summed E-state index contributed by atoms with van der Waals surface area (Å²) in [5.74, 6) is 0. The molecular formula is C13H18N2OS2. The summed E-state index contributed by atoms with van der Waals surface area (Å²) in [4.78, 5) is 4.49. The summed E-state index contributed by atoms with van der Waals surface area (Å²) in [6.07, 6.45) is 1.74. The van der Waals surface area contributed by atoms with Gasteiger partial charge in [-0.15, -0.1) is 0 Å². The van der Waals surface area contributed by atoms with Gasteiger partial charge in [0.1, 0.15) is 0 Å². The second-order valence-electron chi connectivity index (χ2n) is 4.35. The molecule has 0 fully saturated rings. The zero-order valence-corrected chi connectivity index (χ0v) is 12.3. The van der Waals surface area contributed by atoms with E-state index in [4.69, 9.17) is 0 Å². The lowest BCUT2D eigenvalue weighted by atomic mass is 10.1. The molecule has 0 bridgehead atoms. The molecule has 3 nitrogen and oxygen atoms in total. The van der Waals surface area contributed by atoms with Crippen molar-refractivity contribution in [2.45, 2.75) is 17.4 Å². The van der Waals surface area contributed by atoms with Gasteiger partial charge in [0.25, 0.3) is 0 Å². The van der Waals surface area contributed by atoms with E-state index in [1.165, 1.54) is 5.56 Å². The summed E-state index contributed by atoms with van der Waals surface area (Å²) in [7, 11) is -0.782. The lowest BCUT2D eigenvalue weighted by Gasteiger charge is -2.11. The first kappa shape index (κ1) is 13.6. The Morgan fingerprint density at radius 2 is 2.22 bits per heavy atom. The minimum Gasteiger partial charge on any atom is -0.364 e. The summed E-state index contributed by atoms with van der Waals surface area (Å²) in [5, 5.41) is 4.83. The quantitative estimate of drug-likeness (QED) is 0.920. The zero-order valence-electron chi connectivity index (χ0n) is 10.6. The summed E-state index contributed by atoms with van der Waals surface area (Å²) in [6.45, 7) is 3.52. The van der Waals surface area contributed by atoms with Crippen LogP contribution in [0, 0.1) is 0 Å². The van der Waals surface area contributed by atoms with Crippen molar-refractivity contribution in [3.05, 3.63) is 35.9 Å².